The number of para-hydroxylation sites is 1. The second-order valence-electron chi connectivity index (χ2n) is 7.50. The summed E-state index contributed by atoms with van der Waals surface area (Å²) in [4.78, 5) is 13.5. The van der Waals surface area contributed by atoms with Gasteiger partial charge < -0.3 is 10.0 Å². The molecular formula is C21H24N2O4S. The van der Waals surface area contributed by atoms with E-state index < -0.39 is 21.7 Å². The summed E-state index contributed by atoms with van der Waals surface area (Å²) in [5.41, 5.74) is 1.21. The van der Waals surface area contributed by atoms with Crippen molar-refractivity contribution in [3.05, 3.63) is 60.2 Å². The van der Waals surface area contributed by atoms with E-state index in [1.165, 1.54) is 0 Å². The van der Waals surface area contributed by atoms with Gasteiger partial charge in [-0.15, -0.1) is 0 Å². The number of anilines is 1. The van der Waals surface area contributed by atoms with Gasteiger partial charge in [-0.2, -0.15) is 4.72 Å². The summed E-state index contributed by atoms with van der Waals surface area (Å²) in [5.74, 6) is -0.887. The minimum atomic E-state index is -3.75. The number of carboxylic acids is 1. The van der Waals surface area contributed by atoms with Crippen LogP contribution in [0, 0.1) is 0 Å². The van der Waals surface area contributed by atoms with Crippen molar-refractivity contribution in [2.75, 3.05) is 11.4 Å². The lowest BCUT2D eigenvalue weighted by atomic mass is 9.78. The van der Waals surface area contributed by atoms with Gasteiger partial charge in [0, 0.05) is 18.2 Å². The highest BCUT2D eigenvalue weighted by Crippen LogP contribution is 2.53. The Morgan fingerprint density at radius 2 is 1.82 bits per heavy atom. The molecule has 1 saturated carbocycles. The molecular weight excluding hydrogens is 376 g/mol. The van der Waals surface area contributed by atoms with Crippen LogP contribution in [0.5, 0.6) is 0 Å². The molecule has 0 spiro atoms. The molecule has 1 aliphatic carbocycles. The van der Waals surface area contributed by atoms with Crippen molar-refractivity contribution < 1.29 is 18.3 Å². The van der Waals surface area contributed by atoms with Crippen molar-refractivity contribution in [2.24, 2.45) is 0 Å². The average Bonchev–Trinajstić information content (AvgIpc) is 2.96. The molecule has 28 heavy (non-hydrogen) atoms. The van der Waals surface area contributed by atoms with Gasteiger partial charge in [-0.05, 0) is 43.0 Å². The first-order valence-electron chi connectivity index (χ1n) is 9.61. The molecule has 0 aromatic heterocycles. The number of hydrogen-bond donors (Lipinski definition) is 2. The minimum Gasteiger partial charge on any atom is -0.481 e. The van der Waals surface area contributed by atoms with Gasteiger partial charge in [0.1, 0.15) is 5.66 Å². The SMILES string of the molecule is O=C(O)CCN1c2ccccc2C2CCCCC21NS(=O)(=O)c1ccccc1. The summed E-state index contributed by atoms with van der Waals surface area (Å²) in [6.07, 6.45) is 3.40. The second kappa shape index (κ2) is 7.22. The molecule has 0 amide bonds. The van der Waals surface area contributed by atoms with Gasteiger partial charge in [-0.3, -0.25) is 4.79 Å². The Bertz CT molecular complexity index is 977. The van der Waals surface area contributed by atoms with Gasteiger partial charge in [0.05, 0.1) is 11.3 Å². The molecule has 1 heterocycles. The van der Waals surface area contributed by atoms with E-state index in [0.29, 0.717) is 6.42 Å². The van der Waals surface area contributed by atoms with E-state index in [0.717, 1.165) is 30.5 Å². The van der Waals surface area contributed by atoms with E-state index in [1.807, 2.05) is 29.2 Å². The fraction of sp³-hybridized carbons (Fsp3) is 0.381. The summed E-state index contributed by atoms with van der Waals surface area (Å²) in [5, 5.41) is 9.25. The second-order valence-corrected chi connectivity index (χ2v) is 9.18. The van der Waals surface area contributed by atoms with Gasteiger partial charge >= 0.3 is 5.97 Å². The van der Waals surface area contributed by atoms with Crippen LogP contribution in [0.3, 0.4) is 0 Å². The van der Waals surface area contributed by atoms with Gasteiger partial charge in [-0.1, -0.05) is 42.8 Å². The number of nitrogens with zero attached hydrogens (tertiary/aromatic N) is 1. The van der Waals surface area contributed by atoms with Crippen LogP contribution in [0.1, 0.15) is 43.6 Å². The van der Waals surface area contributed by atoms with Crippen molar-refractivity contribution in [1.29, 1.82) is 0 Å². The Balaban J connectivity index is 1.79. The predicted octanol–water partition coefficient (Wildman–Crippen LogP) is 3.31. The van der Waals surface area contributed by atoms with Gasteiger partial charge in [0.25, 0.3) is 0 Å². The molecule has 4 rings (SSSR count). The topological polar surface area (TPSA) is 86.7 Å². The number of aliphatic carboxylic acids is 1. The minimum absolute atomic E-state index is 0.00438. The fourth-order valence-electron chi connectivity index (χ4n) is 4.73. The standard InChI is InChI=1S/C21H24N2O4S/c24-20(25)13-15-23-19-12-5-4-10-17(19)18-11-6-7-14-21(18,23)22-28(26,27)16-8-2-1-3-9-16/h1-5,8-10,12,18,22H,6-7,11,13-15H2,(H,24,25). The fourth-order valence-corrected chi connectivity index (χ4v) is 6.18. The van der Waals surface area contributed by atoms with Crippen molar-refractivity contribution >= 4 is 21.7 Å². The lowest BCUT2D eigenvalue weighted by molar-refractivity contribution is -0.136. The zero-order valence-electron chi connectivity index (χ0n) is 15.5. The first-order valence-corrected chi connectivity index (χ1v) is 11.1. The maximum absolute atomic E-state index is 13.2. The van der Waals surface area contributed by atoms with E-state index in [2.05, 4.69) is 4.72 Å². The van der Waals surface area contributed by atoms with Crippen LogP contribution in [0.25, 0.3) is 0 Å². The molecule has 0 saturated heterocycles. The molecule has 2 N–H and O–H groups in total. The number of carbonyl (C=O) groups is 1. The molecule has 2 aromatic rings. The molecule has 2 unspecified atom stereocenters. The normalized spacial score (nSPS) is 23.9. The summed E-state index contributed by atoms with van der Waals surface area (Å²) in [6.45, 7) is 0.264. The molecule has 2 aliphatic rings. The van der Waals surface area contributed by atoms with Crippen molar-refractivity contribution in [1.82, 2.24) is 4.72 Å². The van der Waals surface area contributed by atoms with Crippen molar-refractivity contribution in [3.8, 4) is 0 Å². The van der Waals surface area contributed by atoms with E-state index in [9.17, 15) is 18.3 Å². The Labute approximate surface area is 165 Å². The molecule has 7 heteroatoms. The maximum Gasteiger partial charge on any atom is 0.305 e. The number of benzene rings is 2. The molecule has 0 radical (unpaired) electrons. The van der Waals surface area contributed by atoms with E-state index in [1.54, 1.807) is 30.3 Å². The number of nitrogens with one attached hydrogen (secondary N) is 1. The van der Waals surface area contributed by atoms with Crippen LogP contribution in [0.15, 0.2) is 59.5 Å². The molecule has 1 aliphatic heterocycles. The third kappa shape index (κ3) is 3.18. The van der Waals surface area contributed by atoms with E-state index in [-0.39, 0.29) is 23.8 Å². The Kier molecular flexibility index (Phi) is 4.89. The molecule has 2 aromatic carbocycles. The predicted molar refractivity (Wildman–Crippen MR) is 107 cm³/mol. The first-order chi connectivity index (χ1) is 13.4. The lowest BCUT2D eigenvalue weighted by Gasteiger charge is -2.46. The van der Waals surface area contributed by atoms with Crippen LogP contribution in [0.2, 0.25) is 0 Å². The highest BCUT2D eigenvalue weighted by molar-refractivity contribution is 7.89. The maximum atomic E-state index is 13.2. The lowest BCUT2D eigenvalue weighted by Crippen LogP contribution is -2.62. The summed E-state index contributed by atoms with van der Waals surface area (Å²) in [7, 11) is -3.75. The Morgan fingerprint density at radius 1 is 1.11 bits per heavy atom. The van der Waals surface area contributed by atoms with E-state index in [4.69, 9.17) is 0 Å². The molecule has 0 bridgehead atoms. The molecule has 6 nitrogen and oxygen atoms in total. The van der Waals surface area contributed by atoms with Crippen molar-refractivity contribution in [2.45, 2.75) is 48.6 Å². The average molecular weight is 401 g/mol. The zero-order valence-corrected chi connectivity index (χ0v) is 16.4. The third-order valence-electron chi connectivity index (χ3n) is 5.88. The van der Waals surface area contributed by atoms with Gasteiger partial charge in [0.15, 0.2) is 0 Å². The first kappa shape index (κ1) is 19.0. The summed E-state index contributed by atoms with van der Waals surface area (Å²) in [6, 6.07) is 16.2. The Morgan fingerprint density at radius 3 is 2.57 bits per heavy atom. The third-order valence-corrected chi connectivity index (χ3v) is 7.39. The van der Waals surface area contributed by atoms with Crippen LogP contribution >= 0.6 is 0 Å². The molecule has 148 valence electrons. The van der Waals surface area contributed by atoms with Crippen LogP contribution in [-0.2, 0) is 14.8 Å². The number of sulfonamides is 1. The van der Waals surface area contributed by atoms with Crippen molar-refractivity contribution in [3.63, 3.8) is 0 Å². The van der Waals surface area contributed by atoms with Crippen LogP contribution < -0.4 is 9.62 Å². The number of carboxylic acid groups (broad SMARTS) is 1. The van der Waals surface area contributed by atoms with E-state index >= 15 is 0 Å². The highest BCUT2D eigenvalue weighted by atomic mass is 32.2. The van der Waals surface area contributed by atoms with Crippen LogP contribution in [-0.4, -0.2) is 31.7 Å². The number of fused-ring (bicyclic) bond motifs is 3. The van der Waals surface area contributed by atoms with Gasteiger partial charge in [0.2, 0.25) is 10.0 Å². The number of rotatable bonds is 6. The summed E-state index contributed by atoms with van der Waals surface area (Å²) < 4.78 is 29.4. The summed E-state index contributed by atoms with van der Waals surface area (Å²) >= 11 is 0. The van der Waals surface area contributed by atoms with Crippen LogP contribution in [0.4, 0.5) is 5.69 Å². The van der Waals surface area contributed by atoms with Gasteiger partial charge in [-0.25, -0.2) is 8.42 Å². The highest BCUT2D eigenvalue weighted by Gasteiger charge is 2.54. The smallest absolute Gasteiger partial charge is 0.305 e. The Hall–Kier alpha value is -2.38. The quantitative estimate of drug-likeness (QED) is 0.777. The molecule has 1 fully saturated rings. The monoisotopic (exact) mass is 400 g/mol. The number of hydrogen-bond acceptors (Lipinski definition) is 4. The molecule has 2 atom stereocenters. The zero-order chi connectivity index (χ0) is 19.8. The largest absolute Gasteiger partial charge is 0.481 e.